The Balaban J connectivity index is 1.32. The monoisotopic (exact) mass is 738 g/mol. The number of aliphatic hydroxyl groups is 1. The van der Waals surface area contributed by atoms with Crippen LogP contribution in [0, 0.1) is 0 Å². The number of aliphatic hydroxyl groups excluding tert-OH is 1. The van der Waals surface area contributed by atoms with Crippen LogP contribution < -0.4 is 16.0 Å². The lowest BCUT2D eigenvalue weighted by molar-refractivity contribution is -0.127. The third kappa shape index (κ3) is 11.5. The van der Waals surface area contributed by atoms with E-state index in [0.717, 1.165) is 29.7 Å². The van der Waals surface area contributed by atoms with E-state index in [4.69, 9.17) is 9.47 Å². The number of likely N-dealkylation sites (tertiary alicyclic amines) is 1. The second kappa shape index (κ2) is 19.0. The van der Waals surface area contributed by atoms with Crippen molar-refractivity contribution in [2.75, 3.05) is 13.1 Å². The minimum Gasteiger partial charge on any atom is -0.445 e. The van der Waals surface area contributed by atoms with Crippen molar-refractivity contribution in [2.24, 2.45) is 0 Å². The van der Waals surface area contributed by atoms with Crippen molar-refractivity contribution in [3.63, 3.8) is 0 Å². The molecular weight excluding hydrogens is 688 g/mol. The highest BCUT2D eigenvalue weighted by Crippen LogP contribution is 2.26. The van der Waals surface area contributed by atoms with Gasteiger partial charge >= 0.3 is 12.2 Å². The summed E-state index contributed by atoms with van der Waals surface area (Å²) in [5.41, 5.74) is 2.49. The van der Waals surface area contributed by atoms with E-state index < -0.39 is 36.3 Å². The van der Waals surface area contributed by atoms with E-state index in [2.05, 4.69) is 46.6 Å². The van der Waals surface area contributed by atoms with Gasteiger partial charge in [-0.15, -0.1) is 0 Å². The molecule has 1 saturated heterocycles. The molecule has 1 aliphatic rings. The van der Waals surface area contributed by atoms with Crippen LogP contribution in [-0.4, -0.2) is 86.4 Å². The summed E-state index contributed by atoms with van der Waals surface area (Å²) in [5.74, 6) is -0.822. The number of imidazole rings is 1. The average molecular weight is 739 g/mol. The molecule has 13 heteroatoms. The van der Waals surface area contributed by atoms with E-state index >= 15 is 0 Å². The number of carbonyl (C=O) groups is 4. The minimum absolute atomic E-state index is 0.0237. The summed E-state index contributed by atoms with van der Waals surface area (Å²) in [4.78, 5) is 60.0. The Kier molecular flexibility index (Phi) is 14.0. The van der Waals surface area contributed by atoms with Crippen molar-refractivity contribution in [3.8, 4) is 0 Å². The largest absolute Gasteiger partial charge is 0.445 e. The molecule has 0 bridgehead atoms. The van der Waals surface area contributed by atoms with Gasteiger partial charge in [-0.1, -0.05) is 91.0 Å². The molecule has 0 radical (unpaired) electrons. The lowest BCUT2D eigenvalue weighted by Crippen LogP contribution is -2.57. The number of nitrogens with one attached hydrogen (secondary N) is 3. The molecule has 1 fully saturated rings. The van der Waals surface area contributed by atoms with E-state index in [-0.39, 0.29) is 50.1 Å². The van der Waals surface area contributed by atoms with Crippen molar-refractivity contribution in [2.45, 2.75) is 89.4 Å². The molecule has 5 rings (SSSR count). The summed E-state index contributed by atoms with van der Waals surface area (Å²) in [6, 6.07) is 25.2. The Hall–Kier alpha value is -5.53. The lowest BCUT2D eigenvalue weighted by atomic mass is 9.99. The molecule has 1 aromatic heterocycles. The first-order valence-corrected chi connectivity index (χ1v) is 18.2. The lowest BCUT2D eigenvalue weighted by Gasteiger charge is -2.36. The number of rotatable bonds is 15. The van der Waals surface area contributed by atoms with Gasteiger partial charge in [-0.25, -0.2) is 19.1 Å². The Bertz CT molecular complexity index is 1810. The molecule has 2 heterocycles. The average Bonchev–Trinajstić information content (AvgIpc) is 3.87. The first kappa shape index (κ1) is 39.7. The van der Waals surface area contributed by atoms with Crippen LogP contribution in [0.1, 0.15) is 56.0 Å². The van der Waals surface area contributed by atoms with Gasteiger partial charge in [0.2, 0.25) is 11.8 Å². The number of alkyl carbamates (subject to hydrolysis) is 1. The maximum Gasteiger partial charge on any atom is 0.419 e. The van der Waals surface area contributed by atoms with E-state index in [9.17, 15) is 24.3 Å². The first-order chi connectivity index (χ1) is 26.0. The fraction of sp³-hybridized carbons (Fsp3) is 0.390. The van der Waals surface area contributed by atoms with Crippen LogP contribution in [0.3, 0.4) is 0 Å². The fourth-order valence-electron chi connectivity index (χ4n) is 6.49. The van der Waals surface area contributed by atoms with E-state index in [1.165, 1.54) is 17.1 Å². The van der Waals surface area contributed by atoms with Crippen LogP contribution in [0.15, 0.2) is 104 Å². The highest BCUT2D eigenvalue weighted by Gasteiger charge is 2.37. The van der Waals surface area contributed by atoms with E-state index in [0.29, 0.717) is 12.1 Å². The second-order valence-electron chi connectivity index (χ2n) is 14.4. The molecule has 0 aliphatic carbocycles. The van der Waals surface area contributed by atoms with Crippen LogP contribution in [0.25, 0.3) is 0 Å². The predicted molar refractivity (Wildman–Crippen MR) is 202 cm³/mol. The van der Waals surface area contributed by atoms with Gasteiger partial charge < -0.3 is 30.5 Å². The molecular formula is C41H50N6O7. The Morgan fingerprint density at radius 3 is 2.04 bits per heavy atom. The van der Waals surface area contributed by atoms with Crippen LogP contribution in [0.5, 0.6) is 0 Å². The van der Waals surface area contributed by atoms with E-state index in [1.54, 1.807) is 12.1 Å². The maximum atomic E-state index is 14.1. The van der Waals surface area contributed by atoms with Crippen LogP contribution >= 0.6 is 0 Å². The van der Waals surface area contributed by atoms with Crippen molar-refractivity contribution >= 4 is 24.0 Å². The molecule has 4 atom stereocenters. The molecule has 0 spiro atoms. The fourth-order valence-corrected chi connectivity index (χ4v) is 6.49. The molecule has 4 aromatic rings. The standard InChI is InChI=1S/C41H50N6O7/c1-41(2,3)47-21-13-20-35(47)38(50)43-25-36(48)33(22-29-14-7-4-8-15-29)44-37(49)34(45-39(51)53-26-30-16-9-5-10-17-30)23-32-24-42-28-46(32)40(52)54-27-31-18-11-6-12-19-31/h4-12,14-19,24,28,33-36,48H,13,20-23,25-27H2,1-3H3,(H,43,50)(H,44,49)(H,45,51)/t33-,34-,35-,36+/m0/s1. The van der Waals surface area contributed by atoms with Crippen molar-refractivity contribution in [1.29, 1.82) is 0 Å². The van der Waals surface area contributed by atoms with Gasteiger partial charge in [0.1, 0.15) is 25.6 Å². The molecule has 286 valence electrons. The van der Waals surface area contributed by atoms with Gasteiger partial charge in [0, 0.05) is 24.7 Å². The second-order valence-corrected chi connectivity index (χ2v) is 14.4. The van der Waals surface area contributed by atoms with E-state index in [1.807, 2.05) is 78.9 Å². The minimum atomic E-state index is -1.26. The summed E-state index contributed by atoms with van der Waals surface area (Å²) in [6.07, 6.45) is 1.62. The molecule has 13 nitrogen and oxygen atoms in total. The molecule has 0 saturated carbocycles. The third-order valence-electron chi connectivity index (χ3n) is 9.34. The van der Waals surface area contributed by atoms with Gasteiger partial charge in [0.25, 0.3) is 0 Å². The van der Waals surface area contributed by atoms with Crippen molar-refractivity contribution in [3.05, 3.63) is 126 Å². The predicted octanol–water partition coefficient (Wildman–Crippen LogP) is 4.37. The summed E-state index contributed by atoms with van der Waals surface area (Å²) in [7, 11) is 0. The van der Waals surface area contributed by atoms with Gasteiger partial charge in [0.05, 0.1) is 23.9 Å². The zero-order chi connectivity index (χ0) is 38.5. The number of amides is 3. The third-order valence-corrected chi connectivity index (χ3v) is 9.34. The summed E-state index contributed by atoms with van der Waals surface area (Å²) in [5, 5.41) is 20.0. The van der Waals surface area contributed by atoms with Gasteiger partial charge in [0.15, 0.2) is 0 Å². The number of hydrogen-bond donors (Lipinski definition) is 4. The van der Waals surface area contributed by atoms with Crippen LogP contribution in [0.2, 0.25) is 0 Å². The molecule has 54 heavy (non-hydrogen) atoms. The summed E-state index contributed by atoms with van der Waals surface area (Å²) < 4.78 is 12.1. The van der Waals surface area contributed by atoms with Gasteiger partial charge in [-0.2, -0.15) is 0 Å². The van der Waals surface area contributed by atoms with Gasteiger partial charge in [-0.3, -0.25) is 14.5 Å². The number of benzene rings is 3. The quantitative estimate of drug-likeness (QED) is 0.139. The van der Waals surface area contributed by atoms with Crippen LogP contribution in [-0.2, 0) is 45.1 Å². The Labute approximate surface area is 316 Å². The van der Waals surface area contributed by atoms with Gasteiger partial charge in [-0.05, 0) is 63.3 Å². The smallest absolute Gasteiger partial charge is 0.419 e. The molecule has 1 aliphatic heterocycles. The number of carbonyl (C=O) groups excluding carboxylic acids is 4. The molecule has 4 N–H and O–H groups in total. The first-order valence-electron chi connectivity index (χ1n) is 18.2. The Morgan fingerprint density at radius 1 is 0.833 bits per heavy atom. The number of ether oxygens (including phenoxy) is 2. The molecule has 3 amide bonds. The highest BCUT2D eigenvalue weighted by molar-refractivity contribution is 5.86. The SMILES string of the molecule is CC(C)(C)N1CCC[C@H]1C(=O)NC[C@@H](O)[C@H](Cc1ccccc1)NC(=O)[C@H](Cc1cncn1C(=O)OCc1ccccc1)NC(=O)OCc1ccccc1. The summed E-state index contributed by atoms with van der Waals surface area (Å²) in [6.45, 7) is 6.90. The molecule has 0 unspecified atom stereocenters. The Morgan fingerprint density at radius 2 is 1.43 bits per heavy atom. The van der Waals surface area contributed by atoms with Crippen molar-refractivity contribution in [1.82, 2.24) is 30.4 Å². The summed E-state index contributed by atoms with van der Waals surface area (Å²) >= 11 is 0. The van der Waals surface area contributed by atoms with Crippen molar-refractivity contribution < 1.29 is 33.8 Å². The number of aromatic nitrogens is 2. The number of nitrogens with zero attached hydrogens (tertiary/aromatic N) is 3. The molecule has 3 aromatic carbocycles. The maximum absolute atomic E-state index is 14.1. The topological polar surface area (TPSA) is 164 Å². The van der Waals surface area contributed by atoms with Crippen LogP contribution in [0.4, 0.5) is 9.59 Å². The highest BCUT2D eigenvalue weighted by atomic mass is 16.6. The zero-order valence-electron chi connectivity index (χ0n) is 31.0. The number of hydrogen-bond acceptors (Lipinski definition) is 9. The normalized spacial score (nSPS) is 16.1. The zero-order valence-corrected chi connectivity index (χ0v) is 31.0.